The zero-order valence-electron chi connectivity index (χ0n) is 10.5. The van der Waals surface area contributed by atoms with Gasteiger partial charge in [-0.25, -0.2) is 0 Å². The van der Waals surface area contributed by atoms with Gasteiger partial charge in [0, 0.05) is 31.9 Å². The van der Waals surface area contributed by atoms with Crippen molar-refractivity contribution in [2.24, 2.45) is 0 Å². The molecule has 3 heteroatoms. The molecule has 2 aliphatic rings. The lowest BCUT2D eigenvalue weighted by molar-refractivity contribution is 0.589. The second kappa shape index (κ2) is 7.30. The van der Waals surface area contributed by atoms with Crippen molar-refractivity contribution in [1.29, 1.82) is 0 Å². The van der Waals surface area contributed by atoms with Crippen molar-refractivity contribution in [3.63, 3.8) is 0 Å². The Labute approximate surface area is 104 Å². The normalized spacial score (nSPS) is 19.6. The zero-order valence-corrected chi connectivity index (χ0v) is 10.5. The van der Waals surface area contributed by atoms with Gasteiger partial charge in [0.25, 0.3) is 0 Å². The van der Waals surface area contributed by atoms with Crippen molar-refractivity contribution in [3.05, 3.63) is 30.3 Å². The third kappa shape index (κ3) is 4.36. The van der Waals surface area contributed by atoms with Crippen LogP contribution in [-0.4, -0.2) is 39.3 Å². The van der Waals surface area contributed by atoms with Gasteiger partial charge in [0.05, 0.1) is 0 Å². The van der Waals surface area contributed by atoms with Gasteiger partial charge in [-0.1, -0.05) is 18.2 Å². The summed E-state index contributed by atoms with van der Waals surface area (Å²) in [6, 6.07) is 10.6. The Kier molecular flexibility index (Phi) is 5.33. The topological polar surface area (TPSA) is 27.3 Å². The molecule has 0 unspecified atom stereocenters. The molecule has 2 heterocycles. The maximum Gasteiger partial charge on any atom is 0.0367 e. The van der Waals surface area contributed by atoms with Crippen LogP contribution in [0.15, 0.2) is 30.3 Å². The zero-order chi connectivity index (χ0) is 11.8. The molecule has 1 aromatic carbocycles. The quantitative estimate of drug-likeness (QED) is 0.769. The molecule has 2 fully saturated rings. The largest absolute Gasteiger partial charge is 0.369 e. The highest BCUT2D eigenvalue weighted by molar-refractivity contribution is 5.46. The summed E-state index contributed by atoms with van der Waals surface area (Å²) in [7, 11) is 0. The van der Waals surface area contributed by atoms with Crippen LogP contribution in [0.3, 0.4) is 0 Å². The molecule has 3 rings (SSSR count). The van der Waals surface area contributed by atoms with Crippen LogP contribution in [0.25, 0.3) is 0 Å². The number of hydrogen-bond donors (Lipinski definition) is 2. The summed E-state index contributed by atoms with van der Waals surface area (Å²) in [5.74, 6) is 0. The van der Waals surface area contributed by atoms with Crippen LogP contribution in [-0.2, 0) is 0 Å². The molecule has 0 spiro atoms. The monoisotopic (exact) mass is 233 g/mol. The minimum Gasteiger partial charge on any atom is -0.369 e. The molecular formula is C14H23N3. The van der Waals surface area contributed by atoms with Gasteiger partial charge in [-0.3, -0.25) is 0 Å². The van der Waals surface area contributed by atoms with Crippen molar-refractivity contribution < 1.29 is 0 Å². The Bertz CT molecular complexity index is 282. The molecule has 1 aromatic rings. The molecule has 0 radical (unpaired) electrons. The lowest BCUT2D eigenvalue weighted by Gasteiger charge is -2.29. The third-order valence-corrected chi connectivity index (χ3v) is 3.20. The molecule has 0 atom stereocenters. The minimum absolute atomic E-state index is 1.11. The van der Waals surface area contributed by atoms with Gasteiger partial charge in [-0.05, 0) is 38.1 Å². The summed E-state index contributed by atoms with van der Waals surface area (Å²) in [5, 5.41) is 6.57. The van der Waals surface area contributed by atoms with E-state index in [0.717, 1.165) is 26.2 Å². The van der Waals surface area contributed by atoms with E-state index < -0.39 is 0 Å². The Morgan fingerprint density at radius 1 is 0.765 bits per heavy atom. The van der Waals surface area contributed by atoms with Gasteiger partial charge >= 0.3 is 0 Å². The number of para-hydroxylation sites is 1. The molecule has 94 valence electrons. The van der Waals surface area contributed by atoms with Crippen LogP contribution in [0.1, 0.15) is 12.8 Å². The SMILES string of the molecule is C1CCNC1.c1ccc(N2CCNCC2)cc1. The van der Waals surface area contributed by atoms with E-state index in [2.05, 4.69) is 45.9 Å². The van der Waals surface area contributed by atoms with Gasteiger partial charge in [-0.15, -0.1) is 0 Å². The van der Waals surface area contributed by atoms with Crippen molar-refractivity contribution in [3.8, 4) is 0 Å². The highest BCUT2D eigenvalue weighted by Gasteiger charge is 2.08. The van der Waals surface area contributed by atoms with E-state index in [1.54, 1.807) is 0 Å². The molecule has 0 saturated carbocycles. The molecule has 2 aliphatic heterocycles. The molecule has 0 aromatic heterocycles. The Morgan fingerprint density at radius 3 is 1.88 bits per heavy atom. The summed E-state index contributed by atoms with van der Waals surface area (Å²) >= 11 is 0. The fourth-order valence-corrected chi connectivity index (χ4v) is 2.19. The fourth-order valence-electron chi connectivity index (χ4n) is 2.19. The summed E-state index contributed by atoms with van der Waals surface area (Å²) in [5.41, 5.74) is 1.35. The molecular weight excluding hydrogens is 210 g/mol. The first-order valence-electron chi connectivity index (χ1n) is 6.68. The molecule has 0 aliphatic carbocycles. The van der Waals surface area contributed by atoms with E-state index in [1.807, 2.05) is 0 Å². The number of anilines is 1. The van der Waals surface area contributed by atoms with E-state index in [0.29, 0.717) is 0 Å². The number of rotatable bonds is 1. The lowest BCUT2D eigenvalue weighted by atomic mass is 10.2. The molecule has 2 saturated heterocycles. The second-order valence-electron chi connectivity index (χ2n) is 4.53. The fraction of sp³-hybridized carbons (Fsp3) is 0.571. The molecule has 0 bridgehead atoms. The Hall–Kier alpha value is -1.06. The average molecular weight is 233 g/mol. The standard InChI is InChI=1S/C10H14N2.C4H9N/c1-2-4-10(5-3-1)12-8-6-11-7-9-12;1-2-4-5-3-1/h1-5,11H,6-9H2;5H,1-4H2. The number of benzene rings is 1. The Balaban J connectivity index is 0.000000181. The van der Waals surface area contributed by atoms with Crippen LogP contribution >= 0.6 is 0 Å². The van der Waals surface area contributed by atoms with Crippen LogP contribution in [0.4, 0.5) is 5.69 Å². The first kappa shape index (κ1) is 12.4. The summed E-state index contributed by atoms with van der Waals surface area (Å²) in [6.45, 7) is 6.97. The predicted octanol–water partition coefficient (Wildman–Crippen LogP) is 1.47. The number of nitrogens with zero attached hydrogens (tertiary/aromatic N) is 1. The summed E-state index contributed by atoms with van der Waals surface area (Å²) in [6.07, 6.45) is 2.78. The van der Waals surface area contributed by atoms with E-state index in [1.165, 1.54) is 31.6 Å². The number of nitrogens with one attached hydrogen (secondary N) is 2. The van der Waals surface area contributed by atoms with Crippen LogP contribution in [0, 0.1) is 0 Å². The Morgan fingerprint density at radius 2 is 1.35 bits per heavy atom. The first-order valence-corrected chi connectivity index (χ1v) is 6.68. The highest BCUT2D eigenvalue weighted by Crippen LogP contribution is 2.12. The van der Waals surface area contributed by atoms with Crippen molar-refractivity contribution in [1.82, 2.24) is 10.6 Å². The molecule has 2 N–H and O–H groups in total. The molecule has 0 amide bonds. The smallest absolute Gasteiger partial charge is 0.0367 e. The van der Waals surface area contributed by atoms with E-state index in [4.69, 9.17) is 0 Å². The number of hydrogen-bond acceptors (Lipinski definition) is 3. The van der Waals surface area contributed by atoms with E-state index >= 15 is 0 Å². The second-order valence-corrected chi connectivity index (χ2v) is 4.53. The summed E-state index contributed by atoms with van der Waals surface area (Å²) < 4.78 is 0. The molecule has 3 nitrogen and oxygen atoms in total. The van der Waals surface area contributed by atoms with Crippen LogP contribution in [0.5, 0.6) is 0 Å². The lowest BCUT2D eigenvalue weighted by Crippen LogP contribution is -2.43. The van der Waals surface area contributed by atoms with Gasteiger partial charge in [0.1, 0.15) is 0 Å². The van der Waals surface area contributed by atoms with Crippen LogP contribution < -0.4 is 15.5 Å². The highest BCUT2D eigenvalue weighted by atomic mass is 15.2. The third-order valence-electron chi connectivity index (χ3n) is 3.20. The number of piperazine rings is 1. The van der Waals surface area contributed by atoms with Gasteiger partial charge < -0.3 is 15.5 Å². The van der Waals surface area contributed by atoms with Crippen molar-refractivity contribution >= 4 is 5.69 Å². The van der Waals surface area contributed by atoms with E-state index in [-0.39, 0.29) is 0 Å². The van der Waals surface area contributed by atoms with Gasteiger partial charge in [0.2, 0.25) is 0 Å². The minimum atomic E-state index is 1.11. The van der Waals surface area contributed by atoms with Crippen molar-refractivity contribution in [2.45, 2.75) is 12.8 Å². The maximum absolute atomic E-state index is 3.34. The average Bonchev–Trinajstić information content (AvgIpc) is 3.00. The van der Waals surface area contributed by atoms with Gasteiger partial charge in [0.15, 0.2) is 0 Å². The predicted molar refractivity (Wildman–Crippen MR) is 73.6 cm³/mol. The van der Waals surface area contributed by atoms with Crippen LogP contribution in [0.2, 0.25) is 0 Å². The van der Waals surface area contributed by atoms with Crippen molar-refractivity contribution in [2.75, 3.05) is 44.2 Å². The van der Waals surface area contributed by atoms with E-state index in [9.17, 15) is 0 Å². The first-order chi connectivity index (χ1) is 8.47. The maximum atomic E-state index is 3.34. The van der Waals surface area contributed by atoms with Gasteiger partial charge in [-0.2, -0.15) is 0 Å². The summed E-state index contributed by atoms with van der Waals surface area (Å²) in [4.78, 5) is 2.41. The molecule has 17 heavy (non-hydrogen) atoms.